The van der Waals surface area contributed by atoms with Crippen LogP contribution in [0.5, 0.6) is 11.5 Å². The maximum Gasteiger partial charge on any atom is 0.338 e. The first kappa shape index (κ1) is 14.2. The number of ether oxygens (including phenoxy) is 1. The molecule has 2 unspecified atom stereocenters. The van der Waals surface area contributed by atoms with Crippen molar-refractivity contribution in [2.24, 2.45) is 0 Å². The third kappa shape index (κ3) is 3.59. The second-order valence-electron chi connectivity index (χ2n) is 3.63. The number of aromatic hydroxyl groups is 2. The zero-order valence-corrected chi connectivity index (χ0v) is 9.35. The number of esters is 1. The molecule has 18 heavy (non-hydrogen) atoms. The van der Waals surface area contributed by atoms with Crippen molar-refractivity contribution in [2.75, 3.05) is 6.61 Å². The molecule has 0 saturated heterocycles. The summed E-state index contributed by atoms with van der Waals surface area (Å²) in [7, 11) is 0. The lowest BCUT2D eigenvalue weighted by Gasteiger charge is -2.14. The normalized spacial score (nSPS) is 13.9. The van der Waals surface area contributed by atoms with Crippen LogP contribution in [0.2, 0.25) is 0 Å². The molecule has 7 heteroatoms. The van der Waals surface area contributed by atoms with Gasteiger partial charge in [-0.1, -0.05) is 6.07 Å². The molecule has 0 aliphatic rings. The number of aliphatic hydroxyl groups excluding tert-OH is 3. The Kier molecular flexibility index (Phi) is 4.90. The molecule has 0 spiro atoms. The smallest absolute Gasteiger partial charge is 0.338 e. The minimum Gasteiger partial charge on any atom is -0.504 e. The molecule has 1 aromatic rings. The van der Waals surface area contributed by atoms with Crippen LogP contribution in [0, 0.1) is 0 Å². The topological polar surface area (TPSA) is 127 Å². The lowest BCUT2D eigenvalue weighted by Crippen LogP contribution is -2.37. The molecule has 0 aromatic heterocycles. The predicted molar refractivity (Wildman–Crippen MR) is 58.7 cm³/mol. The molecule has 1 rings (SSSR count). The molecule has 0 radical (unpaired) electrons. The standard InChI is InChI=1S/C11H14O7/c12-4-9(15)10(16)11(17)18-5-6-1-2-7(13)8(14)3-6/h1-3,9-10,12-16H,4-5H2. The largest absolute Gasteiger partial charge is 0.504 e. The number of hydrogen-bond acceptors (Lipinski definition) is 7. The number of aliphatic hydroxyl groups is 3. The van der Waals surface area contributed by atoms with Crippen LogP contribution in [0.1, 0.15) is 5.56 Å². The van der Waals surface area contributed by atoms with Gasteiger partial charge in [0.15, 0.2) is 17.6 Å². The van der Waals surface area contributed by atoms with Gasteiger partial charge < -0.3 is 30.3 Å². The molecule has 0 saturated carbocycles. The number of phenols is 2. The van der Waals surface area contributed by atoms with E-state index in [-0.39, 0.29) is 18.1 Å². The molecular weight excluding hydrogens is 244 g/mol. The van der Waals surface area contributed by atoms with Gasteiger partial charge in [0, 0.05) is 0 Å². The van der Waals surface area contributed by atoms with Gasteiger partial charge in [-0.3, -0.25) is 0 Å². The lowest BCUT2D eigenvalue weighted by molar-refractivity contribution is -0.162. The van der Waals surface area contributed by atoms with Gasteiger partial charge in [-0.2, -0.15) is 0 Å². The summed E-state index contributed by atoms with van der Waals surface area (Å²) in [4.78, 5) is 11.2. The molecule has 5 N–H and O–H groups in total. The molecule has 0 aliphatic carbocycles. The van der Waals surface area contributed by atoms with Crippen molar-refractivity contribution in [3.8, 4) is 11.5 Å². The highest BCUT2D eigenvalue weighted by molar-refractivity contribution is 5.75. The Morgan fingerprint density at radius 3 is 2.44 bits per heavy atom. The van der Waals surface area contributed by atoms with Crippen molar-refractivity contribution in [1.29, 1.82) is 0 Å². The van der Waals surface area contributed by atoms with Gasteiger partial charge in [0.05, 0.1) is 6.61 Å². The molecule has 0 amide bonds. The monoisotopic (exact) mass is 258 g/mol. The first-order valence-corrected chi connectivity index (χ1v) is 5.10. The first-order valence-electron chi connectivity index (χ1n) is 5.10. The molecule has 1 aromatic carbocycles. The Labute approximate surface area is 103 Å². The molecule has 0 bridgehead atoms. The summed E-state index contributed by atoms with van der Waals surface area (Å²) in [6.07, 6.45) is -3.44. The Morgan fingerprint density at radius 2 is 1.89 bits per heavy atom. The third-order valence-electron chi connectivity index (χ3n) is 2.21. The average molecular weight is 258 g/mol. The number of benzene rings is 1. The van der Waals surface area contributed by atoms with Crippen LogP contribution in [0.25, 0.3) is 0 Å². The van der Waals surface area contributed by atoms with Gasteiger partial charge in [-0.25, -0.2) is 4.79 Å². The van der Waals surface area contributed by atoms with Crippen LogP contribution in [0.15, 0.2) is 18.2 Å². The predicted octanol–water partition coefficient (Wildman–Crippen LogP) is -1.14. The SMILES string of the molecule is O=C(OCc1ccc(O)c(O)c1)C(O)C(O)CO. The van der Waals surface area contributed by atoms with Crippen molar-refractivity contribution < 1.29 is 35.1 Å². The number of carbonyl (C=O) groups excluding carboxylic acids is 1. The van der Waals surface area contributed by atoms with Crippen molar-refractivity contribution >= 4 is 5.97 Å². The molecular formula is C11H14O7. The molecule has 0 fully saturated rings. The van der Waals surface area contributed by atoms with E-state index in [1.165, 1.54) is 18.2 Å². The Bertz CT molecular complexity index is 418. The summed E-state index contributed by atoms with van der Waals surface area (Å²) in [5.74, 6) is -1.76. The summed E-state index contributed by atoms with van der Waals surface area (Å²) in [5.41, 5.74) is 0.393. The average Bonchev–Trinajstić information content (AvgIpc) is 2.37. The van der Waals surface area contributed by atoms with E-state index in [0.29, 0.717) is 5.56 Å². The minimum absolute atomic E-state index is 0.248. The van der Waals surface area contributed by atoms with Gasteiger partial charge in [0.2, 0.25) is 0 Å². The van der Waals surface area contributed by atoms with Gasteiger partial charge >= 0.3 is 5.97 Å². The van der Waals surface area contributed by atoms with Gasteiger partial charge in [0.25, 0.3) is 0 Å². The van der Waals surface area contributed by atoms with E-state index in [4.69, 9.17) is 15.3 Å². The number of hydrogen-bond donors (Lipinski definition) is 5. The number of carbonyl (C=O) groups is 1. The second-order valence-corrected chi connectivity index (χ2v) is 3.63. The van der Waals surface area contributed by atoms with Crippen LogP contribution in [-0.2, 0) is 16.1 Å². The minimum atomic E-state index is -1.83. The van der Waals surface area contributed by atoms with E-state index >= 15 is 0 Å². The second kappa shape index (κ2) is 6.20. The maximum atomic E-state index is 11.2. The summed E-state index contributed by atoms with van der Waals surface area (Å²) in [5, 5.41) is 45.0. The zero-order chi connectivity index (χ0) is 13.7. The highest BCUT2D eigenvalue weighted by Crippen LogP contribution is 2.25. The van der Waals surface area contributed by atoms with Gasteiger partial charge in [0.1, 0.15) is 12.7 Å². The van der Waals surface area contributed by atoms with Crippen molar-refractivity contribution in [3.05, 3.63) is 23.8 Å². The van der Waals surface area contributed by atoms with E-state index in [1.54, 1.807) is 0 Å². The van der Waals surface area contributed by atoms with Crippen molar-refractivity contribution in [2.45, 2.75) is 18.8 Å². The van der Waals surface area contributed by atoms with E-state index in [9.17, 15) is 15.0 Å². The highest BCUT2D eigenvalue weighted by atomic mass is 16.5. The molecule has 2 atom stereocenters. The highest BCUT2D eigenvalue weighted by Gasteiger charge is 2.25. The molecule has 7 nitrogen and oxygen atoms in total. The van der Waals surface area contributed by atoms with Gasteiger partial charge in [-0.05, 0) is 17.7 Å². The van der Waals surface area contributed by atoms with E-state index < -0.39 is 24.8 Å². The maximum absolute atomic E-state index is 11.2. The van der Waals surface area contributed by atoms with Crippen molar-refractivity contribution in [1.82, 2.24) is 0 Å². The van der Waals surface area contributed by atoms with E-state index in [0.717, 1.165) is 0 Å². The Balaban J connectivity index is 2.54. The van der Waals surface area contributed by atoms with Crippen LogP contribution in [0.3, 0.4) is 0 Å². The fourth-order valence-electron chi connectivity index (χ4n) is 1.16. The van der Waals surface area contributed by atoms with E-state index in [1.807, 2.05) is 0 Å². The number of phenolic OH excluding ortho intramolecular Hbond substituents is 2. The van der Waals surface area contributed by atoms with Crippen molar-refractivity contribution in [3.63, 3.8) is 0 Å². The Hall–Kier alpha value is -1.83. The zero-order valence-electron chi connectivity index (χ0n) is 9.35. The molecule has 0 aliphatic heterocycles. The molecule has 0 heterocycles. The van der Waals surface area contributed by atoms with Crippen LogP contribution >= 0.6 is 0 Å². The fraction of sp³-hybridized carbons (Fsp3) is 0.364. The van der Waals surface area contributed by atoms with Crippen LogP contribution in [-0.4, -0.2) is 50.3 Å². The quantitative estimate of drug-likeness (QED) is 0.333. The molecule has 100 valence electrons. The fourth-order valence-corrected chi connectivity index (χ4v) is 1.16. The first-order chi connectivity index (χ1) is 8.45. The summed E-state index contributed by atoms with van der Waals surface area (Å²) >= 11 is 0. The van der Waals surface area contributed by atoms with Gasteiger partial charge in [-0.15, -0.1) is 0 Å². The Morgan fingerprint density at radius 1 is 1.22 bits per heavy atom. The van der Waals surface area contributed by atoms with E-state index in [2.05, 4.69) is 4.74 Å². The summed E-state index contributed by atoms with van der Waals surface area (Å²) in [6.45, 7) is -1.02. The third-order valence-corrected chi connectivity index (χ3v) is 2.21. The number of rotatable bonds is 5. The summed E-state index contributed by atoms with van der Waals surface area (Å²) < 4.78 is 4.65. The van der Waals surface area contributed by atoms with Crippen LogP contribution < -0.4 is 0 Å². The summed E-state index contributed by atoms with van der Waals surface area (Å²) in [6, 6.07) is 3.83. The van der Waals surface area contributed by atoms with Crippen LogP contribution in [0.4, 0.5) is 0 Å². The lowest BCUT2D eigenvalue weighted by atomic mass is 10.2.